The van der Waals surface area contributed by atoms with Crippen molar-refractivity contribution in [2.45, 2.75) is 13.0 Å². The fourth-order valence-electron chi connectivity index (χ4n) is 3.17. The van der Waals surface area contributed by atoms with Gasteiger partial charge >= 0.3 is 0 Å². The molecule has 1 fully saturated rings. The molecule has 0 bridgehead atoms. The van der Waals surface area contributed by atoms with Crippen LogP contribution >= 0.6 is 0 Å². The van der Waals surface area contributed by atoms with Crippen LogP contribution in [0.3, 0.4) is 0 Å². The average molecular weight is 429 g/mol. The average Bonchev–Trinajstić information content (AvgIpc) is 2.79. The summed E-state index contributed by atoms with van der Waals surface area (Å²) in [5.41, 5.74) is 2.16. The third-order valence-electron chi connectivity index (χ3n) is 4.74. The number of hydrogen-bond donors (Lipinski definition) is 2. The first-order valence-electron chi connectivity index (χ1n) is 9.88. The smallest absolute Gasteiger partial charge is 0.244 e. The van der Waals surface area contributed by atoms with Gasteiger partial charge in [0.05, 0.1) is 0 Å². The molecule has 10 heteroatoms. The first kappa shape index (κ1) is 20.4. The fraction of sp³-hybridized carbons (Fsp3) is 0.400. The highest BCUT2D eigenvalue weighted by Crippen LogP contribution is 2.29. The van der Waals surface area contributed by atoms with Crippen molar-refractivity contribution in [2.75, 3.05) is 48.0 Å². The molecule has 0 aliphatic carbocycles. The van der Waals surface area contributed by atoms with E-state index in [4.69, 9.17) is 9.84 Å². The Kier molecular flexibility index (Phi) is 6.65. The molecule has 1 saturated heterocycles. The number of nitrogens with one attached hydrogen (secondary N) is 1. The molecular weight excluding hydrogens is 404 g/mol. The minimum atomic E-state index is -0.794. The summed E-state index contributed by atoms with van der Waals surface area (Å²) < 4.78 is 17.8. The Labute approximate surface area is 177 Å². The highest BCUT2D eigenvalue weighted by Gasteiger charge is 2.22. The highest BCUT2D eigenvalue weighted by molar-refractivity contribution is 7.85. The van der Waals surface area contributed by atoms with Gasteiger partial charge in [0.1, 0.15) is 18.5 Å². The number of aliphatic hydroxyl groups excluding tert-OH is 1. The van der Waals surface area contributed by atoms with E-state index in [1.807, 2.05) is 30.3 Å². The lowest BCUT2D eigenvalue weighted by atomic mass is 10.2. The lowest BCUT2D eigenvalue weighted by Crippen LogP contribution is -2.38. The van der Waals surface area contributed by atoms with Gasteiger partial charge in [-0.05, 0) is 12.0 Å². The Morgan fingerprint density at radius 1 is 1.10 bits per heavy atom. The van der Waals surface area contributed by atoms with Crippen molar-refractivity contribution in [2.24, 2.45) is 0 Å². The molecule has 4 rings (SSSR count). The summed E-state index contributed by atoms with van der Waals surface area (Å²) in [4.78, 5) is 20.1. The van der Waals surface area contributed by atoms with E-state index in [1.165, 1.54) is 6.33 Å². The van der Waals surface area contributed by atoms with Gasteiger partial charge in [-0.1, -0.05) is 30.3 Å². The normalized spacial score (nSPS) is 14.8. The highest BCUT2D eigenvalue weighted by atomic mass is 32.2. The molecule has 0 unspecified atom stereocenters. The quantitative estimate of drug-likeness (QED) is 0.513. The molecule has 1 aliphatic heterocycles. The van der Waals surface area contributed by atoms with Crippen LogP contribution in [0.2, 0.25) is 0 Å². The number of aromatic nitrogens is 4. The molecule has 1 aliphatic rings. The molecule has 2 aromatic heterocycles. The van der Waals surface area contributed by atoms with Crippen LogP contribution < -0.4 is 15.0 Å². The minimum absolute atomic E-state index is 0.0833. The van der Waals surface area contributed by atoms with Gasteiger partial charge in [-0.25, -0.2) is 9.97 Å². The van der Waals surface area contributed by atoms with Gasteiger partial charge in [0.2, 0.25) is 11.8 Å². The number of hydrogen-bond acceptors (Lipinski definition) is 9. The topological polar surface area (TPSA) is 113 Å². The SMILES string of the molecule is O=S1CCN(c2nc(NCCCO)nc3c(OCc4ccccc4)ncnc23)CC1. The molecule has 0 spiro atoms. The first-order valence-corrected chi connectivity index (χ1v) is 11.4. The zero-order chi connectivity index (χ0) is 20.8. The number of nitrogens with zero attached hydrogens (tertiary/aromatic N) is 5. The van der Waals surface area contributed by atoms with Gasteiger partial charge in [0, 0.05) is 48.5 Å². The van der Waals surface area contributed by atoms with Crippen molar-refractivity contribution in [1.82, 2.24) is 19.9 Å². The fourth-order valence-corrected chi connectivity index (χ4v) is 4.22. The Morgan fingerprint density at radius 3 is 2.67 bits per heavy atom. The predicted octanol–water partition coefficient (Wildman–Crippen LogP) is 1.36. The van der Waals surface area contributed by atoms with Crippen molar-refractivity contribution in [1.29, 1.82) is 0 Å². The van der Waals surface area contributed by atoms with Gasteiger partial charge in [0.15, 0.2) is 11.3 Å². The van der Waals surface area contributed by atoms with Crippen LogP contribution in [0.1, 0.15) is 12.0 Å². The third kappa shape index (κ3) is 4.82. The summed E-state index contributed by atoms with van der Waals surface area (Å²) in [6, 6.07) is 9.85. The van der Waals surface area contributed by atoms with Crippen LogP contribution in [-0.4, -0.2) is 67.0 Å². The molecule has 0 atom stereocenters. The van der Waals surface area contributed by atoms with Gasteiger partial charge in [-0.2, -0.15) is 9.97 Å². The summed E-state index contributed by atoms with van der Waals surface area (Å²) in [6.07, 6.45) is 2.04. The summed E-state index contributed by atoms with van der Waals surface area (Å²) >= 11 is 0. The van der Waals surface area contributed by atoms with Crippen molar-refractivity contribution in [3.05, 3.63) is 42.2 Å². The molecular formula is C20H24N6O3S. The second-order valence-electron chi connectivity index (χ2n) is 6.86. The minimum Gasteiger partial charge on any atom is -0.471 e. The van der Waals surface area contributed by atoms with Crippen LogP contribution in [0.15, 0.2) is 36.7 Å². The van der Waals surface area contributed by atoms with Crippen LogP contribution in [0, 0.1) is 0 Å². The molecule has 3 aromatic rings. The molecule has 3 heterocycles. The van der Waals surface area contributed by atoms with Crippen molar-refractivity contribution < 1.29 is 14.1 Å². The van der Waals surface area contributed by atoms with Gasteiger partial charge in [-0.15, -0.1) is 0 Å². The monoisotopic (exact) mass is 428 g/mol. The Balaban J connectivity index is 1.68. The Morgan fingerprint density at radius 2 is 1.90 bits per heavy atom. The van der Waals surface area contributed by atoms with Gasteiger partial charge in [-0.3, -0.25) is 4.21 Å². The maximum Gasteiger partial charge on any atom is 0.244 e. The van der Waals surface area contributed by atoms with E-state index in [0.29, 0.717) is 72.8 Å². The number of rotatable bonds is 8. The zero-order valence-corrected chi connectivity index (χ0v) is 17.3. The van der Waals surface area contributed by atoms with E-state index >= 15 is 0 Å². The Bertz CT molecular complexity index is 1010. The number of fused-ring (bicyclic) bond motifs is 1. The van der Waals surface area contributed by atoms with E-state index < -0.39 is 10.8 Å². The number of benzene rings is 1. The second kappa shape index (κ2) is 9.77. The summed E-state index contributed by atoms with van der Waals surface area (Å²) in [5, 5.41) is 12.2. The van der Waals surface area contributed by atoms with Crippen LogP contribution in [0.5, 0.6) is 5.88 Å². The summed E-state index contributed by atoms with van der Waals surface area (Å²) in [7, 11) is -0.794. The predicted molar refractivity (Wildman–Crippen MR) is 116 cm³/mol. The molecule has 9 nitrogen and oxygen atoms in total. The van der Waals surface area contributed by atoms with Gasteiger partial charge in [0.25, 0.3) is 0 Å². The van der Waals surface area contributed by atoms with Crippen LogP contribution in [0.25, 0.3) is 11.0 Å². The van der Waals surface area contributed by atoms with Crippen molar-refractivity contribution in [3.63, 3.8) is 0 Å². The maximum absolute atomic E-state index is 11.8. The molecule has 2 N–H and O–H groups in total. The third-order valence-corrected chi connectivity index (χ3v) is 6.02. The first-order chi connectivity index (χ1) is 14.7. The zero-order valence-electron chi connectivity index (χ0n) is 16.5. The van der Waals surface area contributed by atoms with Crippen molar-refractivity contribution >= 4 is 33.6 Å². The summed E-state index contributed by atoms with van der Waals surface area (Å²) in [5.74, 6) is 2.69. The molecule has 158 valence electrons. The molecule has 0 radical (unpaired) electrons. The molecule has 1 aromatic carbocycles. The van der Waals surface area contributed by atoms with Crippen LogP contribution in [0.4, 0.5) is 11.8 Å². The summed E-state index contributed by atoms with van der Waals surface area (Å²) in [6.45, 7) is 2.26. The largest absolute Gasteiger partial charge is 0.471 e. The standard InChI is InChI=1S/C20H24N6O3S/c27-10-4-7-21-20-24-17-16(18(25-20)26-8-11-30(28)12-9-26)22-14-23-19(17)29-13-15-5-2-1-3-6-15/h1-3,5-6,14,27H,4,7-13H2,(H,21,24,25). The Hall–Kier alpha value is -2.85. The van der Waals surface area contributed by atoms with E-state index in [0.717, 1.165) is 5.56 Å². The van der Waals surface area contributed by atoms with E-state index in [2.05, 4.69) is 30.2 Å². The van der Waals surface area contributed by atoms with Crippen molar-refractivity contribution in [3.8, 4) is 5.88 Å². The molecule has 0 saturated carbocycles. The number of ether oxygens (including phenoxy) is 1. The van der Waals surface area contributed by atoms with E-state index in [1.54, 1.807) is 0 Å². The molecule has 0 amide bonds. The lowest BCUT2D eigenvalue weighted by Gasteiger charge is -2.28. The maximum atomic E-state index is 11.8. The van der Waals surface area contributed by atoms with Gasteiger partial charge < -0.3 is 20.1 Å². The van der Waals surface area contributed by atoms with Crippen LogP contribution in [-0.2, 0) is 17.4 Å². The second-order valence-corrected chi connectivity index (χ2v) is 8.56. The number of aliphatic hydroxyl groups is 1. The van der Waals surface area contributed by atoms with E-state index in [-0.39, 0.29) is 6.61 Å². The molecule has 30 heavy (non-hydrogen) atoms. The lowest BCUT2D eigenvalue weighted by molar-refractivity contribution is 0.292. The number of anilines is 2. The van der Waals surface area contributed by atoms with E-state index in [9.17, 15) is 4.21 Å².